The molecule has 4 nitrogen and oxygen atoms in total. The predicted molar refractivity (Wildman–Crippen MR) is 59.7 cm³/mol. The molecule has 1 saturated heterocycles. The molecular weight excluding hydrogens is 188 g/mol. The van der Waals surface area contributed by atoms with Crippen molar-refractivity contribution >= 4 is 0 Å². The van der Waals surface area contributed by atoms with E-state index in [2.05, 4.69) is 20.2 Å². The van der Waals surface area contributed by atoms with Gasteiger partial charge in [-0.2, -0.15) is 0 Å². The first-order chi connectivity index (χ1) is 7.24. The average Bonchev–Trinajstić information content (AvgIpc) is 2.17. The third-order valence-electron chi connectivity index (χ3n) is 2.60. The first kappa shape index (κ1) is 10.5. The summed E-state index contributed by atoms with van der Waals surface area (Å²) in [6.07, 6.45) is 0. The first-order valence-corrected chi connectivity index (χ1v) is 5.48. The Kier molecular flexibility index (Phi) is 3.28. The van der Waals surface area contributed by atoms with Gasteiger partial charge in [0, 0.05) is 37.6 Å². The van der Waals surface area contributed by atoms with E-state index >= 15 is 0 Å². The molecule has 0 aliphatic carbocycles. The summed E-state index contributed by atoms with van der Waals surface area (Å²) in [5.74, 6) is 0.953. The van der Waals surface area contributed by atoms with Gasteiger partial charge in [-0.3, -0.25) is 4.90 Å². The van der Waals surface area contributed by atoms with Crippen molar-refractivity contribution in [3.8, 4) is 0 Å². The summed E-state index contributed by atoms with van der Waals surface area (Å²) in [5.41, 5.74) is 2.13. The minimum absolute atomic E-state index is 0.879. The van der Waals surface area contributed by atoms with E-state index in [1.165, 1.54) is 0 Å². The second kappa shape index (κ2) is 4.68. The van der Waals surface area contributed by atoms with Crippen molar-refractivity contribution in [1.82, 2.24) is 20.2 Å². The van der Waals surface area contributed by atoms with Crippen LogP contribution in [0.5, 0.6) is 0 Å². The Morgan fingerprint density at radius 1 is 1.20 bits per heavy atom. The molecule has 1 aliphatic rings. The molecule has 0 bridgehead atoms. The van der Waals surface area contributed by atoms with Gasteiger partial charge in [0.25, 0.3) is 0 Å². The number of nitrogens with one attached hydrogen (secondary N) is 1. The van der Waals surface area contributed by atoms with Gasteiger partial charge in [-0.1, -0.05) is 0 Å². The van der Waals surface area contributed by atoms with Gasteiger partial charge in [0.1, 0.15) is 5.82 Å². The highest BCUT2D eigenvalue weighted by molar-refractivity contribution is 5.08. The zero-order valence-electron chi connectivity index (χ0n) is 9.45. The molecule has 1 aliphatic heterocycles. The highest BCUT2D eigenvalue weighted by Gasteiger charge is 2.11. The minimum Gasteiger partial charge on any atom is -0.314 e. The van der Waals surface area contributed by atoms with Crippen LogP contribution in [0.25, 0.3) is 0 Å². The van der Waals surface area contributed by atoms with Gasteiger partial charge < -0.3 is 5.32 Å². The summed E-state index contributed by atoms with van der Waals surface area (Å²) >= 11 is 0. The normalized spacial score (nSPS) is 18.0. The molecule has 1 aromatic heterocycles. The lowest BCUT2D eigenvalue weighted by atomic mass is 10.3. The van der Waals surface area contributed by atoms with Crippen LogP contribution in [-0.4, -0.2) is 41.0 Å². The maximum absolute atomic E-state index is 4.45. The van der Waals surface area contributed by atoms with Crippen LogP contribution >= 0.6 is 0 Å². The Balaban J connectivity index is 2.02. The number of aromatic nitrogens is 2. The van der Waals surface area contributed by atoms with Crippen LogP contribution in [0.15, 0.2) is 6.07 Å². The van der Waals surface area contributed by atoms with Crippen LogP contribution < -0.4 is 5.32 Å². The summed E-state index contributed by atoms with van der Waals surface area (Å²) in [6, 6.07) is 2.02. The Hall–Kier alpha value is -1.00. The number of nitrogens with zero attached hydrogens (tertiary/aromatic N) is 3. The lowest BCUT2D eigenvalue weighted by Gasteiger charge is -2.26. The second-order valence-corrected chi connectivity index (χ2v) is 4.09. The lowest BCUT2D eigenvalue weighted by molar-refractivity contribution is 0.227. The number of rotatable bonds is 2. The molecule has 15 heavy (non-hydrogen) atoms. The summed E-state index contributed by atoms with van der Waals surface area (Å²) in [5, 5.41) is 3.34. The van der Waals surface area contributed by atoms with E-state index < -0.39 is 0 Å². The smallest absolute Gasteiger partial charge is 0.142 e. The molecule has 0 spiro atoms. The van der Waals surface area contributed by atoms with Crippen molar-refractivity contribution in [2.75, 3.05) is 26.2 Å². The van der Waals surface area contributed by atoms with E-state index in [0.29, 0.717) is 0 Å². The van der Waals surface area contributed by atoms with E-state index in [9.17, 15) is 0 Å². The van der Waals surface area contributed by atoms with Crippen LogP contribution in [0.4, 0.5) is 0 Å². The van der Waals surface area contributed by atoms with Crippen molar-refractivity contribution in [1.29, 1.82) is 0 Å². The van der Waals surface area contributed by atoms with Gasteiger partial charge in [-0.05, 0) is 19.9 Å². The molecule has 0 unspecified atom stereocenters. The average molecular weight is 206 g/mol. The molecule has 0 radical (unpaired) electrons. The molecule has 4 heteroatoms. The molecule has 2 rings (SSSR count). The number of hydrogen-bond acceptors (Lipinski definition) is 4. The van der Waals surface area contributed by atoms with Crippen LogP contribution in [0.1, 0.15) is 17.2 Å². The monoisotopic (exact) mass is 206 g/mol. The van der Waals surface area contributed by atoms with Gasteiger partial charge >= 0.3 is 0 Å². The predicted octanol–water partition coefficient (Wildman–Crippen LogP) is 0.499. The zero-order chi connectivity index (χ0) is 10.7. The maximum Gasteiger partial charge on any atom is 0.142 e. The number of aryl methyl sites for hydroxylation is 2. The quantitative estimate of drug-likeness (QED) is 0.765. The van der Waals surface area contributed by atoms with E-state index in [-0.39, 0.29) is 0 Å². The molecule has 0 saturated carbocycles. The fourth-order valence-electron chi connectivity index (χ4n) is 1.94. The third kappa shape index (κ3) is 2.97. The van der Waals surface area contributed by atoms with Gasteiger partial charge in [0.15, 0.2) is 0 Å². The molecule has 0 aromatic carbocycles. The molecule has 0 amide bonds. The van der Waals surface area contributed by atoms with Crippen molar-refractivity contribution in [2.45, 2.75) is 20.4 Å². The highest BCUT2D eigenvalue weighted by Crippen LogP contribution is 2.03. The summed E-state index contributed by atoms with van der Waals surface area (Å²) in [6.45, 7) is 9.26. The molecule has 82 valence electrons. The Morgan fingerprint density at radius 2 is 1.80 bits per heavy atom. The van der Waals surface area contributed by atoms with E-state index in [1.54, 1.807) is 0 Å². The van der Waals surface area contributed by atoms with Crippen LogP contribution in [0.3, 0.4) is 0 Å². The fraction of sp³-hybridized carbons (Fsp3) is 0.636. The number of hydrogen-bond donors (Lipinski definition) is 1. The fourth-order valence-corrected chi connectivity index (χ4v) is 1.94. The van der Waals surface area contributed by atoms with Gasteiger partial charge in [-0.25, -0.2) is 9.97 Å². The lowest BCUT2D eigenvalue weighted by Crippen LogP contribution is -2.43. The molecule has 1 N–H and O–H groups in total. The first-order valence-electron chi connectivity index (χ1n) is 5.48. The zero-order valence-corrected chi connectivity index (χ0v) is 9.45. The molecule has 1 fully saturated rings. The Morgan fingerprint density at radius 3 is 2.40 bits per heavy atom. The van der Waals surface area contributed by atoms with E-state index in [1.807, 2.05) is 19.9 Å². The van der Waals surface area contributed by atoms with Crippen molar-refractivity contribution in [3.05, 3.63) is 23.3 Å². The van der Waals surface area contributed by atoms with Crippen LogP contribution in [0.2, 0.25) is 0 Å². The van der Waals surface area contributed by atoms with Crippen molar-refractivity contribution in [2.24, 2.45) is 0 Å². The number of piperazine rings is 1. The van der Waals surface area contributed by atoms with Crippen molar-refractivity contribution < 1.29 is 0 Å². The summed E-state index contributed by atoms with van der Waals surface area (Å²) < 4.78 is 0. The van der Waals surface area contributed by atoms with Gasteiger partial charge in [-0.15, -0.1) is 0 Å². The third-order valence-corrected chi connectivity index (χ3v) is 2.60. The van der Waals surface area contributed by atoms with Crippen molar-refractivity contribution in [3.63, 3.8) is 0 Å². The topological polar surface area (TPSA) is 41.1 Å². The van der Waals surface area contributed by atoms with Gasteiger partial charge in [0.2, 0.25) is 0 Å². The minimum atomic E-state index is 0.879. The molecule has 2 heterocycles. The maximum atomic E-state index is 4.45. The summed E-state index contributed by atoms with van der Waals surface area (Å²) in [7, 11) is 0. The molecule has 1 aromatic rings. The molecule has 0 atom stereocenters. The van der Waals surface area contributed by atoms with E-state index in [0.717, 1.165) is 49.9 Å². The SMILES string of the molecule is Cc1cc(C)nc(CN2CCNCC2)n1. The van der Waals surface area contributed by atoms with E-state index in [4.69, 9.17) is 0 Å². The van der Waals surface area contributed by atoms with Crippen LogP contribution in [0, 0.1) is 13.8 Å². The van der Waals surface area contributed by atoms with Crippen LogP contribution in [-0.2, 0) is 6.54 Å². The Bertz CT molecular complexity index is 311. The molecular formula is C11H18N4. The Labute approximate surface area is 90.7 Å². The summed E-state index contributed by atoms with van der Waals surface area (Å²) in [4.78, 5) is 11.3. The highest BCUT2D eigenvalue weighted by atomic mass is 15.2. The second-order valence-electron chi connectivity index (χ2n) is 4.09. The largest absolute Gasteiger partial charge is 0.314 e. The van der Waals surface area contributed by atoms with Gasteiger partial charge in [0.05, 0.1) is 6.54 Å². The standard InChI is InChI=1S/C11H18N4/c1-9-7-10(2)14-11(13-9)8-15-5-3-12-4-6-15/h7,12H,3-6,8H2,1-2H3.